The second kappa shape index (κ2) is 4.21. The quantitative estimate of drug-likeness (QED) is 0.551. The third kappa shape index (κ3) is 2.62. The van der Waals surface area contributed by atoms with E-state index in [0.717, 1.165) is 0 Å². The van der Waals surface area contributed by atoms with E-state index in [0.29, 0.717) is 0 Å². The molecule has 0 spiro atoms. The van der Waals surface area contributed by atoms with Crippen LogP contribution in [0.5, 0.6) is 0 Å². The fourth-order valence-electron chi connectivity index (χ4n) is 0.701. The Balaban J connectivity index is 4.29. The lowest BCUT2D eigenvalue weighted by atomic mass is 9.95. The highest BCUT2D eigenvalue weighted by Gasteiger charge is 2.24. The average Bonchev–Trinajstić information content (AvgIpc) is 2.00. The highest BCUT2D eigenvalue weighted by Crippen LogP contribution is 2.08. The molecule has 0 aromatic rings. The number of carboxylic acid groups (broad SMARTS) is 1. The van der Waals surface area contributed by atoms with Crippen LogP contribution in [0.15, 0.2) is 0 Å². The van der Waals surface area contributed by atoms with Gasteiger partial charge in [0.2, 0.25) is 0 Å². The maximum absolute atomic E-state index is 11.1. The number of rotatable bonds is 4. The molecule has 70 valence electrons. The van der Waals surface area contributed by atoms with Crippen LogP contribution in [0.3, 0.4) is 0 Å². The van der Waals surface area contributed by atoms with Gasteiger partial charge in [0.15, 0.2) is 5.78 Å². The normalized spacial score (nSPS) is 15.8. The third-order valence-electron chi connectivity index (χ3n) is 1.70. The van der Waals surface area contributed by atoms with Gasteiger partial charge in [-0.3, -0.25) is 4.79 Å². The maximum atomic E-state index is 11.1. The third-order valence-corrected chi connectivity index (χ3v) is 1.70. The molecule has 0 saturated heterocycles. The summed E-state index contributed by atoms with van der Waals surface area (Å²) in [7, 11) is 0. The molecule has 0 aromatic carbocycles. The van der Waals surface area contributed by atoms with Gasteiger partial charge < -0.3 is 15.0 Å². The monoisotopic (exact) mass is 173 g/mol. The SMILES string of the molecule is CC(C(=O)[O-])C(=O)C(O)C(C)C. The van der Waals surface area contributed by atoms with E-state index in [9.17, 15) is 19.8 Å². The second-order valence-corrected chi connectivity index (χ2v) is 3.13. The molecule has 4 nitrogen and oxygen atoms in total. The molecule has 0 bridgehead atoms. The van der Waals surface area contributed by atoms with Crippen molar-refractivity contribution < 1.29 is 19.8 Å². The van der Waals surface area contributed by atoms with E-state index >= 15 is 0 Å². The number of aliphatic carboxylic acids is 1. The van der Waals surface area contributed by atoms with Gasteiger partial charge in [0.05, 0.1) is 11.9 Å². The molecule has 0 aromatic heterocycles. The molecule has 0 radical (unpaired) electrons. The van der Waals surface area contributed by atoms with E-state index in [-0.39, 0.29) is 5.92 Å². The molecule has 0 aliphatic rings. The van der Waals surface area contributed by atoms with Gasteiger partial charge in [0.25, 0.3) is 0 Å². The van der Waals surface area contributed by atoms with Crippen molar-refractivity contribution >= 4 is 11.8 Å². The summed E-state index contributed by atoms with van der Waals surface area (Å²) in [4.78, 5) is 21.3. The molecular weight excluding hydrogens is 160 g/mol. The van der Waals surface area contributed by atoms with E-state index in [1.165, 1.54) is 6.92 Å². The number of hydrogen-bond acceptors (Lipinski definition) is 4. The van der Waals surface area contributed by atoms with Gasteiger partial charge in [0, 0.05) is 0 Å². The molecule has 4 heteroatoms. The van der Waals surface area contributed by atoms with E-state index in [2.05, 4.69) is 0 Å². The Bertz CT molecular complexity index is 185. The molecule has 0 heterocycles. The van der Waals surface area contributed by atoms with Crippen LogP contribution in [0.2, 0.25) is 0 Å². The Kier molecular flexibility index (Phi) is 3.89. The van der Waals surface area contributed by atoms with E-state index in [1.54, 1.807) is 13.8 Å². The number of ketones is 1. The van der Waals surface area contributed by atoms with Crippen LogP contribution in [0.4, 0.5) is 0 Å². The smallest absolute Gasteiger partial charge is 0.169 e. The Morgan fingerprint density at radius 3 is 1.92 bits per heavy atom. The number of carboxylic acids is 1. The highest BCUT2D eigenvalue weighted by atomic mass is 16.4. The van der Waals surface area contributed by atoms with Gasteiger partial charge in [-0.1, -0.05) is 20.8 Å². The Hall–Kier alpha value is -0.900. The van der Waals surface area contributed by atoms with Crippen LogP contribution in [0, 0.1) is 11.8 Å². The van der Waals surface area contributed by atoms with Gasteiger partial charge in [-0.2, -0.15) is 0 Å². The van der Waals surface area contributed by atoms with E-state index in [1.807, 2.05) is 0 Å². The summed E-state index contributed by atoms with van der Waals surface area (Å²) < 4.78 is 0. The molecule has 0 aliphatic carbocycles. The van der Waals surface area contributed by atoms with Crippen molar-refractivity contribution in [1.82, 2.24) is 0 Å². The van der Waals surface area contributed by atoms with E-state index < -0.39 is 23.8 Å². The summed E-state index contributed by atoms with van der Waals surface area (Å²) >= 11 is 0. The minimum absolute atomic E-state index is 0.265. The number of hydrogen-bond donors (Lipinski definition) is 1. The summed E-state index contributed by atoms with van der Waals surface area (Å²) in [5.41, 5.74) is 0. The van der Waals surface area contributed by atoms with Crippen LogP contribution >= 0.6 is 0 Å². The van der Waals surface area contributed by atoms with Crippen molar-refractivity contribution in [3.63, 3.8) is 0 Å². The standard InChI is InChI=1S/C8H14O4/c1-4(2)6(9)7(10)5(3)8(11)12/h4-6,9H,1-3H3,(H,11,12)/p-1. The van der Waals surface area contributed by atoms with Crippen LogP contribution in [-0.4, -0.2) is 23.0 Å². The largest absolute Gasteiger partial charge is 0.549 e. The summed E-state index contributed by atoms with van der Waals surface area (Å²) in [6.07, 6.45) is -1.21. The van der Waals surface area contributed by atoms with Gasteiger partial charge in [0.1, 0.15) is 6.10 Å². The summed E-state index contributed by atoms with van der Waals surface area (Å²) in [5, 5.41) is 19.4. The zero-order chi connectivity index (χ0) is 9.89. The number of aliphatic hydroxyl groups excluding tert-OH is 1. The van der Waals surface area contributed by atoms with Gasteiger partial charge in [-0.15, -0.1) is 0 Å². The zero-order valence-electron chi connectivity index (χ0n) is 7.40. The van der Waals surface area contributed by atoms with Crippen LogP contribution in [0.25, 0.3) is 0 Å². The van der Waals surface area contributed by atoms with Crippen molar-refractivity contribution in [1.29, 1.82) is 0 Å². The first kappa shape index (κ1) is 11.1. The number of Topliss-reactive ketones (excluding diaryl/α,β-unsaturated/α-hetero) is 1. The summed E-state index contributed by atoms with van der Waals surface area (Å²) in [6, 6.07) is 0. The fourth-order valence-corrected chi connectivity index (χ4v) is 0.701. The predicted octanol–water partition coefficient (Wildman–Crippen LogP) is -1.04. The fraction of sp³-hybridized carbons (Fsp3) is 0.750. The average molecular weight is 173 g/mol. The molecule has 0 saturated carbocycles. The van der Waals surface area contributed by atoms with Crippen molar-refractivity contribution in [3.05, 3.63) is 0 Å². The van der Waals surface area contributed by atoms with Crippen molar-refractivity contribution in [2.75, 3.05) is 0 Å². The minimum Gasteiger partial charge on any atom is -0.549 e. The Morgan fingerprint density at radius 2 is 1.67 bits per heavy atom. The van der Waals surface area contributed by atoms with Crippen molar-refractivity contribution in [2.24, 2.45) is 11.8 Å². The first-order valence-electron chi connectivity index (χ1n) is 3.80. The van der Waals surface area contributed by atoms with Crippen LogP contribution in [0.1, 0.15) is 20.8 Å². The van der Waals surface area contributed by atoms with Crippen molar-refractivity contribution in [3.8, 4) is 0 Å². The maximum Gasteiger partial charge on any atom is 0.169 e. The first-order valence-corrected chi connectivity index (χ1v) is 3.80. The van der Waals surface area contributed by atoms with Crippen LogP contribution < -0.4 is 5.11 Å². The van der Waals surface area contributed by atoms with Gasteiger partial charge in [-0.25, -0.2) is 0 Å². The Labute approximate surface area is 71.2 Å². The molecular formula is C8H13O4-. The number of aliphatic hydroxyl groups is 1. The lowest BCUT2D eigenvalue weighted by molar-refractivity contribution is -0.309. The molecule has 2 atom stereocenters. The molecule has 0 aliphatic heterocycles. The van der Waals surface area contributed by atoms with Crippen LogP contribution in [-0.2, 0) is 9.59 Å². The summed E-state index contributed by atoms with van der Waals surface area (Å²) in [6.45, 7) is 4.50. The zero-order valence-corrected chi connectivity index (χ0v) is 7.40. The first-order chi connectivity index (χ1) is 5.37. The highest BCUT2D eigenvalue weighted by molar-refractivity contribution is 5.99. The van der Waals surface area contributed by atoms with Gasteiger partial charge >= 0.3 is 0 Å². The lowest BCUT2D eigenvalue weighted by Crippen LogP contribution is -2.40. The molecule has 2 unspecified atom stereocenters. The summed E-state index contributed by atoms with van der Waals surface area (Å²) in [5.74, 6) is -3.63. The predicted molar refractivity (Wildman–Crippen MR) is 40.0 cm³/mol. The minimum atomic E-state index is -1.44. The topological polar surface area (TPSA) is 77.4 Å². The molecule has 12 heavy (non-hydrogen) atoms. The molecule has 0 rings (SSSR count). The number of carbonyl (C=O) groups excluding carboxylic acids is 2. The molecule has 0 amide bonds. The van der Waals surface area contributed by atoms with Crippen molar-refractivity contribution in [2.45, 2.75) is 26.9 Å². The van der Waals surface area contributed by atoms with E-state index in [4.69, 9.17) is 0 Å². The second-order valence-electron chi connectivity index (χ2n) is 3.13. The Morgan fingerprint density at radius 1 is 1.25 bits per heavy atom. The lowest BCUT2D eigenvalue weighted by Gasteiger charge is -2.18. The number of carbonyl (C=O) groups is 2. The molecule has 1 N–H and O–H groups in total. The van der Waals surface area contributed by atoms with Gasteiger partial charge in [-0.05, 0) is 5.92 Å². The molecule has 0 fully saturated rings.